The van der Waals surface area contributed by atoms with E-state index in [0.29, 0.717) is 5.92 Å². The zero-order valence-corrected chi connectivity index (χ0v) is 12.0. The van der Waals surface area contributed by atoms with E-state index >= 15 is 0 Å². The number of benzene rings is 1. The molecule has 0 aliphatic heterocycles. The molecule has 0 radical (unpaired) electrons. The Morgan fingerprint density at radius 1 is 1.16 bits per heavy atom. The second kappa shape index (κ2) is 5.93. The van der Waals surface area contributed by atoms with Crippen LogP contribution in [0.15, 0.2) is 24.3 Å². The Kier molecular flexibility index (Phi) is 4.27. The standard InChI is InChI=1S/C14H21N5/c1-5-15-11(4)14-16-17-18-19(14)13-8-6-12(7-9-13)10(2)3/h6-11,15H,5H2,1-4H3. The molecule has 0 aliphatic rings. The number of rotatable bonds is 5. The molecule has 2 aromatic rings. The van der Waals surface area contributed by atoms with Gasteiger partial charge >= 0.3 is 0 Å². The van der Waals surface area contributed by atoms with Gasteiger partial charge in [0.2, 0.25) is 0 Å². The van der Waals surface area contributed by atoms with Crippen molar-refractivity contribution < 1.29 is 0 Å². The van der Waals surface area contributed by atoms with Gasteiger partial charge in [0.1, 0.15) is 0 Å². The normalized spacial score (nSPS) is 12.9. The molecule has 0 aliphatic carbocycles. The quantitative estimate of drug-likeness (QED) is 0.896. The minimum Gasteiger partial charge on any atom is -0.308 e. The van der Waals surface area contributed by atoms with Crippen LogP contribution in [0.5, 0.6) is 0 Å². The smallest absolute Gasteiger partial charge is 0.173 e. The number of tetrazole rings is 1. The van der Waals surface area contributed by atoms with Crippen LogP contribution < -0.4 is 5.32 Å². The maximum atomic E-state index is 4.11. The fourth-order valence-corrected chi connectivity index (χ4v) is 2.05. The van der Waals surface area contributed by atoms with Crippen molar-refractivity contribution in [2.75, 3.05) is 6.54 Å². The molecule has 1 N–H and O–H groups in total. The third-order valence-electron chi connectivity index (χ3n) is 3.20. The Labute approximate surface area is 114 Å². The van der Waals surface area contributed by atoms with Crippen LogP contribution in [0.2, 0.25) is 0 Å². The molecular formula is C14H21N5. The largest absolute Gasteiger partial charge is 0.308 e. The summed E-state index contributed by atoms with van der Waals surface area (Å²) in [5.41, 5.74) is 2.31. The maximum Gasteiger partial charge on any atom is 0.173 e. The lowest BCUT2D eigenvalue weighted by molar-refractivity contribution is 0.550. The van der Waals surface area contributed by atoms with E-state index in [1.54, 1.807) is 4.68 Å². The molecule has 0 bridgehead atoms. The van der Waals surface area contributed by atoms with E-state index in [1.165, 1.54) is 5.56 Å². The highest BCUT2D eigenvalue weighted by atomic mass is 15.5. The molecule has 2 rings (SSSR count). The van der Waals surface area contributed by atoms with Gasteiger partial charge in [0, 0.05) is 0 Å². The molecule has 1 aromatic carbocycles. The Balaban J connectivity index is 2.29. The molecular weight excluding hydrogens is 238 g/mol. The van der Waals surface area contributed by atoms with E-state index in [2.05, 4.69) is 72.8 Å². The van der Waals surface area contributed by atoms with Gasteiger partial charge in [0.15, 0.2) is 5.82 Å². The summed E-state index contributed by atoms with van der Waals surface area (Å²) in [4.78, 5) is 0. The van der Waals surface area contributed by atoms with Gasteiger partial charge in [-0.1, -0.05) is 32.9 Å². The minimum absolute atomic E-state index is 0.129. The maximum absolute atomic E-state index is 4.11. The number of aromatic nitrogens is 4. The number of nitrogens with one attached hydrogen (secondary N) is 1. The highest BCUT2D eigenvalue weighted by Gasteiger charge is 2.14. The van der Waals surface area contributed by atoms with Crippen molar-refractivity contribution in [2.24, 2.45) is 0 Å². The zero-order valence-electron chi connectivity index (χ0n) is 12.0. The highest BCUT2D eigenvalue weighted by Crippen LogP contribution is 2.18. The van der Waals surface area contributed by atoms with Crippen LogP contribution in [-0.4, -0.2) is 26.8 Å². The lowest BCUT2D eigenvalue weighted by atomic mass is 10.0. The summed E-state index contributed by atoms with van der Waals surface area (Å²) in [5, 5.41) is 15.3. The van der Waals surface area contributed by atoms with Gasteiger partial charge in [-0.05, 0) is 47.5 Å². The molecule has 0 spiro atoms. The molecule has 19 heavy (non-hydrogen) atoms. The summed E-state index contributed by atoms with van der Waals surface area (Å²) in [7, 11) is 0. The summed E-state index contributed by atoms with van der Waals surface area (Å²) < 4.78 is 1.79. The summed E-state index contributed by atoms with van der Waals surface area (Å²) in [5.74, 6) is 1.36. The summed E-state index contributed by atoms with van der Waals surface area (Å²) >= 11 is 0. The predicted octanol–water partition coefficient (Wildman–Crippen LogP) is 2.46. The first kappa shape index (κ1) is 13.7. The summed E-state index contributed by atoms with van der Waals surface area (Å²) in [6.07, 6.45) is 0. The molecule has 0 amide bonds. The van der Waals surface area contributed by atoms with Crippen molar-refractivity contribution in [1.29, 1.82) is 0 Å². The van der Waals surface area contributed by atoms with Crippen LogP contribution in [0, 0.1) is 0 Å². The van der Waals surface area contributed by atoms with Gasteiger partial charge in [-0.3, -0.25) is 0 Å². The number of hydrogen-bond acceptors (Lipinski definition) is 4. The van der Waals surface area contributed by atoms with Crippen LogP contribution >= 0.6 is 0 Å². The zero-order chi connectivity index (χ0) is 13.8. The monoisotopic (exact) mass is 259 g/mol. The lowest BCUT2D eigenvalue weighted by Crippen LogP contribution is -2.21. The van der Waals surface area contributed by atoms with Crippen molar-refractivity contribution >= 4 is 0 Å². The van der Waals surface area contributed by atoms with Crippen LogP contribution in [0.1, 0.15) is 51.0 Å². The molecule has 102 valence electrons. The summed E-state index contributed by atoms with van der Waals surface area (Å²) in [6, 6.07) is 8.51. The molecule has 5 nitrogen and oxygen atoms in total. The van der Waals surface area contributed by atoms with Gasteiger partial charge in [0.05, 0.1) is 11.7 Å². The van der Waals surface area contributed by atoms with Crippen LogP contribution in [0.3, 0.4) is 0 Å². The van der Waals surface area contributed by atoms with Gasteiger partial charge < -0.3 is 5.32 Å². The average Bonchev–Trinajstić information content (AvgIpc) is 2.88. The van der Waals surface area contributed by atoms with Crippen LogP contribution in [-0.2, 0) is 0 Å². The van der Waals surface area contributed by atoms with Crippen molar-refractivity contribution in [3.63, 3.8) is 0 Å². The topological polar surface area (TPSA) is 55.6 Å². The second-order valence-corrected chi connectivity index (χ2v) is 4.97. The first-order valence-corrected chi connectivity index (χ1v) is 6.75. The molecule has 1 heterocycles. The minimum atomic E-state index is 0.129. The van der Waals surface area contributed by atoms with Crippen molar-refractivity contribution in [3.05, 3.63) is 35.7 Å². The van der Waals surface area contributed by atoms with Crippen molar-refractivity contribution in [3.8, 4) is 5.69 Å². The van der Waals surface area contributed by atoms with Crippen molar-refractivity contribution in [1.82, 2.24) is 25.5 Å². The van der Waals surface area contributed by atoms with Gasteiger partial charge in [-0.2, -0.15) is 4.68 Å². The first-order valence-electron chi connectivity index (χ1n) is 6.75. The lowest BCUT2D eigenvalue weighted by Gasteiger charge is -2.12. The number of hydrogen-bond donors (Lipinski definition) is 1. The van der Waals surface area contributed by atoms with E-state index in [1.807, 2.05) is 0 Å². The summed E-state index contributed by atoms with van der Waals surface area (Å²) in [6.45, 7) is 9.39. The second-order valence-electron chi connectivity index (χ2n) is 4.97. The van der Waals surface area contributed by atoms with Gasteiger partial charge in [-0.25, -0.2) is 0 Å². The third kappa shape index (κ3) is 2.98. The SMILES string of the molecule is CCNC(C)c1nnnn1-c1ccc(C(C)C)cc1. The Morgan fingerprint density at radius 3 is 2.42 bits per heavy atom. The Morgan fingerprint density at radius 2 is 1.84 bits per heavy atom. The molecule has 1 unspecified atom stereocenters. The average molecular weight is 259 g/mol. The Bertz CT molecular complexity index is 515. The van der Waals surface area contributed by atoms with E-state index in [4.69, 9.17) is 0 Å². The molecule has 5 heteroatoms. The van der Waals surface area contributed by atoms with E-state index < -0.39 is 0 Å². The van der Waals surface area contributed by atoms with Crippen LogP contribution in [0.4, 0.5) is 0 Å². The molecule has 0 fully saturated rings. The predicted molar refractivity (Wildman–Crippen MR) is 75.3 cm³/mol. The number of nitrogens with zero attached hydrogens (tertiary/aromatic N) is 4. The van der Waals surface area contributed by atoms with E-state index in [0.717, 1.165) is 18.1 Å². The third-order valence-corrected chi connectivity index (χ3v) is 3.20. The molecule has 0 saturated heterocycles. The van der Waals surface area contributed by atoms with E-state index in [9.17, 15) is 0 Å². The van der Waals surface area contributed by atoms with Gasteiger partial charge in [0.25, 0.3) is 0 Å². The molecule has 1 atom stereocenters. The fourth-order valence-electron chi connectivity index (χ4n) is 2.05. The fraction of sp³-hybridized carbons (Fsp3) is 0.500. The van der Waals surface area contributed by atoms with E-state index in [-0.39, 0.29) is 6.04 Å². The molecule has 0 saturated carbocycles. The van der Waals surface area contributed by atoms with Gasteiger partial charge in [-0.15, -0.1) is 5.10 Å². The first-order chi connectivity index (χ1) is 9.13. The molecule has 1 aromatic heterocycles. The highest BCUT2D eigenvalue weighted by molar-refractivity contribution is 5.35. The Hall–Kier alpha value is -1.75. The van der Waals surface area contributed by atoms with Crippen LogP contribution in [0.25, 0.3) is 5.69 Å². The van der Waals surface area contributed by atoms with Crippen molar-refractivity contribution in [2.45, 2.75) is 39.7 Å².